The van der Waals surface area contributed by atoms with Gasteiger partial charge in [-0.1, -0.05) is 0 Å². The van der Waals surface area contributed by atoms with Crippen molar-refractivity contribution in [1.29, 1.82) is 0 Å². The van der Waals surface area contributed by atoms with Crippen LogP contribution in [-0.4, -0.2) is 26.5 Å². The lowest BCUT2D eigenvalue weighted by atomic mass is 10.5. The molecule has 0 aliphatic carbocycles. The number of nitrogens with one attached hydrogen (secondary N) is 1. The Labute approximate surface area is 82.4 Å². The molecule has 0 saturated carbocycles. The molecular formula is C7H7FN2O3S. The zero-order valence-electron chi connectivity index (χ0n) is 7.15. The number of hydrogen-bond donors (Lipinski definition) is 2. The van der Waals surface area contributed by atoms with Crippen molar-refractivity contribution in [2.24, 2.45) is 0 Å². The van der Waals surface area contributed by atoms with E-state index in [2.05, 4.69) is 9.97 Å². The number of H-pyrrole nitrogens is 1. The van der Waals surface area contributed by atoms with Gasteiger partial charge in [-0.05, 0) is 18.7 Å². The highest BCUT2D eigenvalue weighted by Gasteiger charge is 2.18. The summed E-state index contributed by atoms with van der Waals surface area (Å²) in [5.74, 6) is -1.60. The fourth-order valence-corrected chi connectivity index (χ4v) is 1.41. The van der Waals surface area contributed by atoms with E-state index < -0.39 is 17.0 Å². The standard InChI is InChI=1S/C7H7FN2O3S/c1-3-2-4(11)10-7(9-3)14-5(8)6(12)13/h2,5H,1H3,(H,12,13)(H,9,10,11). The molecule has 0 fully saturated rings. The minimum absolute atomic E-state index is 0.0371. The zero-order chi connectivity index (χ0) is 10.7. The van der Waals surface area contributed by atoms with Crippen LogP contribution in [0.15, 0.2) is 16.0 Å². The van der Waals surface area contributed by atoms with E-state index in [1.165, 1.54) is 6.07 Å². The van der Waals surface area contributed by atoms with Crippen LogP contribution in [0.4, 0.5) is 4.39 Å². The van der Waals surface area contributed by atoms with Gasteiger partial charge in [0.2, 0.25) is 5.50 Å². The topological polar surface area (TPSA) is 83.0 Å². The number of carboxylic acid groups (broad SMARTS) is 1. The number of aryl methyl sites for hydroxylation is 1. The molecule has 76 valence electrons. The van der Waals surface area contributed by atoms with E-state index in [0.717, 1.165) is 0 Å². The Morgan fingerprint density at radius 1 is 1.79 bits per heavy atom. The SMILES string of the molecule is Cc1cc(=O)[nH]c(SC(F)C(=O)O)n1. The molecule has 5 nitrogen and oxygen atoms in total. The second-order valence-electron chi connectivity index (χ2n) is 2.46. The summed E-state index contributed by atoms with van der Waals surface area (Å²) in [5.41, 5.74) is -2.15. The Kier molecular flexibility index (Phi) is 3.23. The Morgan fingerprint density at radius 2 is 2.43 bits per heavy atom. The van der Waals surface area contributed by atoms with Gasteiger partial charge in [-0.3, -0.25) is 4.79 Å². The van der Waals surface area contributed by atoms with Crippen molar-refractivity contribution in [3.8, 4) is 0 Å². The molecule has 0 bridgehead atoms. The summed E-state index contributed by atoms with van der Waals surface area (Å²) in [4.78, 5) is 27.0. The van der Waals surface area contributed by atoms with Crippen molar-refractivity contribution in [3.05, 3.63) is 22.1 Å². The largest absolute Gasteiger partial charge is 0.478 e. The Morgan fingerprint density at radius 3 is 2.93 bits per heavy atom. The first kappa shape index (κ1) is 10.7. The highest BCUT2D eigenvalue weighted by atomic mass is 32.2. The van der Waals surface area contributed by atoms with Crippen LogP contribution < -0.4 is 5.56 Å². The van der Waals surface area contributed by atoms with Crippen LogP contribution in [0.5, 0.6) is 0 Å². The van der Waals surface area contributed by atoms with Crippen LogP contribution in [-0.2, 0) is 4.79 Å². The molecule has 14 heavy (non-hydrogen) atoms. The molecule has 0 aliphatic heterocycles. The van der Waals surface area contributed by atoms with Gasteiger partial charge < -0.3 is 10.1 Å². The summed E-state index contributed by atoms with van der Waals surface area (Å²) in [6.07, 6.45) is 0. The highest BCUT2D eigenvalue weighted by Crippen LogP contribution is 2.19. The molecule has 1 rings (SSSR count). The van der Waals surface area contributed by atoms with E-state index in [1.54, 1.807) is 6.92 Å². The summed E-state index contributed by atoms with van der Waals surface area (Å²) in [6.45, 7) is 1.56. The molecule has 1 atom stereocenters. The molecule has 2 N–H and O–H groups in total. The molecule has 0 amide bonds. The van der Waals surface area contributed by atoms with E-state index >= 15 is 0 Å². The number of halogens is 1. The van der Waals surface area contributed by atoms with Crippen molar-refractivity contribution in [2.45, 2.75) is 17.6 Å². The van der Waals surface area contributed by atoms with Gasteiger partial charge >= 0.3 is 5.97 Å². The molecule has 1 unspecified atom stereocenters. The maximum Gasteiger partial charge on any atom is 0.349 e. The smallest absolute Gasteiger partial charge is 0.349 e. The third-order valence-corrected chi connectivity index (χ3v) is 2.08. The summed E-state index contributed by atoms with van der Waals surface area (Å²) >= 11 is 0.347. The number of aromatic nitrogens is 2. The second kappa shape index (κ2) is 4.23. The lowest BCUT2D eigenvalue weighted by molar-refractivity contribution is -0.139. The Balaban J connectivity index is 2.87. The molecule has 1 aromatic rings. The third-order valence-electron chi connectivity index (χ3n) is 1.26. The number of hydrogen-bond acceptors (Lipinski definition) is 4. The first-order chi connectivity index (χ1) is 6.49. The summed E-state index contributed by atoms with van der Waals surface area (Å²) < 4.78 is 12.7. The number of aromatic amines is 1. The van der Waals surface area contributed by atoms with Gasteiger partial charge in [0.05, 0.1) is 0 Å². The first-order valence-corrected chi connectivity index (χ1v) is 4.48. The number of rotatable bonds is 3. The molecule has 0 saturated heterocycles. The summed E-state index contributed by atoms with van der Waals surface area (Å²) in [6, 6.07) is 1.23. The van der Waals surface area contributed by atoms with Crippen LogP contribution in [0.1, 0.15) is 5.69 Å². The lowest BCUT2D eigenvalue weighted by Gasteiger charge is -2.01. The maximum absolute atomic E-state index is 12.7. The van der Waals surface area contributed by atoms with Crippen LogP contribution in [0.25, 0.3) is 0 Å². The molecular weight excluding hydrogens is 211 g/mol. The van der Waals surface area contributed by atoms with Gasteiger partial charge in [-0.2, -0.15) is 0 Å². The van der Waals surface area contributed by atoms with Crippen molar-refractivity contribution >= 4 is 17.7 Å². The Bertz CT molecular complexity index is 406. The van der Waals surface area contributed by atoms with E-state index in [4.69, 9.17) is 5.11 Å². The van der Waals surface area contributed by atoms with Gasteiger partial charge in [0, 0.05) is 11.8 Å². The summed E-state index contributed by atoms with van der Waals surface area (Å²) in [7, 11) is 0. The van der Waals surface area contributed by atoms with Gasteiger partial charge in [0.15, 0.2) is 5.16 Å². The fraction of sp³-hybridized carbons (Fsp3) is 0.286. The van der Waals surface area contributed by atoms with Crippen LogP contribution >= 0.6 is 11.8 Å². The van der Waals surface area contributed by atoms with Crippen molar-refractivity contribution in [1.82, 2.24) is 9.97 Å². The lowest BCUT2D eigenvalue weighted by Crippen LogP contribution is -2.13. The second-order valence-corrected chi connectivity index (χ2v) is 3.50. The van der Waals surface area contributed by atoms with E-state index in [-0.39, 0.29) is 5.16 Å². The monoisotopic (exact) mass is 218 g/mol. The zero-order valence-corrected chi connectivity index (χ0v) is 7.97. The maximum atomic E-state index is 12.7. The van der Waals surface area contributed by atoms with Crippen LogP contribution in [0.2, 0.25) is 0 Å². The van der Waals surface area contributed by atoms with Gasteiger partial charge in [0.25, 0.3) is 5.56 Å². The number of aliphatic carboxylic acids is 1. The minimum Gasteiger partial charge on any atom is -0.478 e. The molecule has 7 heteroatoms. The molecule has 1 heterocycles. The van der Waals surface area contributed by atoms with E-state index in [1.807, 2.05) is 0 Å². The molecule has 0 aliphatic rings. The predicted molar refractivity (Wildman–Crippen MR) is 48.0 cm³/mol. The first-order valence-electron chi connectivity index (χ1n) is 3.60. The number of alkyl halides is 1. The quantitative estimate of drug-likeness (QED) is 0.571. The average Bonchev–Trinajstić information content (AvgIpc) is 2.01. The number of nitrogens with zero attached hydrogens (tertiary/aromatic N) is 1. The third kappa shape index (κ3) is 2.84. The molecule has 1 aromatic heterocycles. The highest BCUT2D eigenvalue weighted by molar-refractivity contribution is 8.00. The average molecular weight is 218 g/mol. The number of carboxylic acids is 1. The molecule has 0 aromatic carbocycles. The van der Waals surface area contributed by atoms with Crippen molar-refractivity contribution < 1.29 is 14.3 Å². The van der Waals surface area contributed by atoms with Crippen molar-refractivity contribution in [3.63, 3.8) is 0 Å². The fourth-order valence-electron chi connectivity index (χ4n) is 0.756. The normalized spacial score (nSPS) is 12.4. The van der Waals surface area contributed by atoms with E-state index in [9.17, 15) is 14.0 Å². The van der Waals surface area contributed by atoms with E-state index in [0.29, 0.717) is 17.5 Å². The van der Waals surface area contributed by atoms with Gasteiger partial charge in [0.1, 0.15) is 0 Å². The Hall–Kier alpha value is -1.37. The van der Waals surface area contributed by atoms with Crippen molar-refractivity contribution in [2.75, 3.05) is 0 Å². The van der Waals surface area contributed by atoms with Crippen LogP contribution in [0, 0.1) is 6.92 Å². The minimum atomic E-state index is -2.13. The predicted octanol–water partition coefficient (Wildman–Crippen LogP) is 0.551. The van der Waals surface area contributed by atoms with Gasteiger partial charge in [-0.25, -0.2) is 14.2 Å². The molecule has 0 radical (unpaired) electrons. The number of carbonyl (C=O) groups is 1. The van der Waals surface area contributed by atoms with Gasteiger partial charge in [-0.15, -0.1) is 0 Å². The number of thioether (sulfide) groups is 1. The molecule has 0 spiro atoms. The van der Waals surface area contributed by atoms with Crippen LogP contribution in [0.3, 0.4) is 0 Å². The summed E-state index contributed by atoms with van der Waals surface area (Å²) in [5, 5.41) is 8.23.